The van der Waals surface area contributed by atoms with Crippen molar-refractivity contribution in [2.75, 3.05) is 83.6 Å². The van der Waals surface area contributed by atoms with E-state index in [0.717, 1.165) is 49.0 Å². The Morgan fingerprint density at radius 2 is 0.443 bits per heavy atom. The van der Waals surface area contributed by atoms with Crippen LogP contribution in [0.3, 0.4) is 0 Å². The van der Waals surface area contributed by atoms with Gasteiger partial charge >= 0.3 is 0 Å². The van der Waals surface area contributed by atoms with E-state index in [1.165, 1.54) is 105 Å². The van der Waals surface area contributed by atoms with Gasteiger partial charge in [0.1, 0.15) is 96.7 Å². The Morgan fingerprint density at radius 3 is 0.697 bits per heavy atom. The molecule has 1 fully saturated rings. The number of carbonyl (C=O) groups excluding carboxylic acids is 18. The number of hydrogen-bond donors (Lipinski definition) is 9. The Hall–Kier alpha value is -9.58. The molecule has 9 N–H and O–H groups in total. The average Bonchev–Trinajstić information content (AvgIpc) is 0.800. The molecule has 0 aromatic carbocycles. The summed E-state index contributed by atoms with van der Waals surface area (Å²) in [6.07, 6.45) is -1.61. The Bertz CT molecular complexity index is 3700. The van der Waals surface area contributed by atoms with Gasteiger partial charge in [-0.3, -0.25) is 86.3 Å². The molecular weight excluding hydrogens is 1580 g/mol. The molecule has 0 aromatic heterocycles. The summed E-state index contributed by atoms with van der Waals surface area (Å²) < 4.78 is 0. The normalized spacial score (nSPS) is 28.0. The van der Waals surface area contributed by atoms with Gasteiger partial charge in [-0.25, -0.2) is 0 Å². The lowest BCUT2D eigenvalue weighted by Crippen LogP contribution is -2.64. The van der Waals surface area contributed by atoms with Crippen molar-refractivity contribution in [1.82, 2.24) is 91.5 Å². The summed E-state index contributed by atoms with van der Waals surface area (Å²) >= 11 is 0. The third-order valence-electron chi connectivity index (χ3n) is 22.7. The highest BCUT2D eigenvalue weighted by Gasteiger charge is 2.47. The molecule has 696 valence electrons. The lowest BCUT2D eigenvalue weighted by Gasteiger charge is -2.38. The van der Waals surface area contributed by atoms with Crippen LogP contribution in [0.25, 0.3) is 0 Å². The minimum absolute atomic E-state index is 0.575. The Kier molecular flexibility index (Phi) is 43.4. The van der Waals surface area contributed by atoms with Crippen molar-refractivity contribution in [1.29, 1.82) is 0 Å². The molecule has 122 heavy (non-hydrogen) atoms. The van der Waals surface area contributed by atoms with Gasteiger partial charge in [-0.2, -0.15) is 0 Å². The van der Waals surface area contributed by atoms with Crippen molar-refractivity contribution >= 4 is 106 Å². The van der Waals surface area contributed by atoms with Crippen molar-refractivity contribution in [3.05, 3.63) is 0 Å². The first-order valence-corrected chi connectivity index (χ1v) is 42.6. The molecule has 18 amide bonds. The summed E-state index contributed by atoms with van der Waals surface area (Å²) in [4.78, 5) is 272. The minimum atomic E-state index is -1.74. The molecular formula is C85H152N18O19. The van der Waals surface area contributed by atoms with Gasteiger partial charge in [-0.05, 0) is 99.7 Å². The summed E-state index contributed by atoms with van der Waals surface area (Å²) in [5, 5.41) is 32.9. The molecule has 17 atom stereocenters. The van der Waals surface area contributed by atoms with Crippen LogP contribution in [0, 0.1) is 65.1 Å². The number of hydrogen-bond acceptors (Lipinski definition) is 19. The van der Waals surface area contributed by atoms with Crippen LogP contribution >= 0.6 is 0 Å². The second kappa shape index (κ2) is 47.9. The van der Waals surface area contributed by atoms with Gasteiger partial charge in [0.15, 0.2) is 0 Å². The standard InChI is InChI=1S/C85H152N18O19/c1-40(2)58-80(117)94(28)38-56(105)86-51(23)77(114)98(32)63(44(9)10)71(108)87-52(24)79(116)100(34)66(47(15)16)76(113)93-62(55(27)104)84(121)103(37)68(49(19)20)75(112)92-61(43(7)8)83(120)102(36)67(48(17)18)74(111)91-60(42(5)6)82(119)101(35)64(45(11)12)72(109)88-53(25)78(115)99(33)65(46(13)14)73(110)90-59(41(3)4)81(118)95(29)39-57(106)97(31)69(50(21)22)85(122)96(30)54(26)70(107)89-58/h40-55,58-69,104H,38-39H2,1-37H3,(H,86,105)(H,87,108)(H,88,109)(H,89,107)(H,90,110)(H,91,111)(H,92,112)(H,93,113). The lowest BCUT2D eigenvalue weighted by atomic mass is 9.94. The van der Waals surface area contributed by atoms with Crippen molar-refractivity contribution in [2.45, 2.75) is 290 Å². The predicted molar refractivity (Wildman–Crippen MR) is 461 cm³/mol. The molecule has 0 aliphatic carbocycles. The van der Waals surface area contributed by atoms with Gasteiger partial charge in [0.25, 0.3) is 0 Å². The number of nitrogens with one attached hydrogen (secondary N) is 8. The topological polar surface area (TPSA) is 456 Å². The van der Waals surface area contributed by atoms with Crippen LogP contribution in [0.4, 0.5) is 0 Å². The van der Waals surface area contributed by atoms with Crippen LogP contribution in [-0.4, -0.2) is 347 Å². The molecule has 0 spiro atoms. The van der Waals surface area contributed by atoms with E-state index >= 15 is 0 Å². The van der Waals surface area contributed by atoms with Crippen LogP contribution in [0.5, 0.6) is 0 Å². The second-order valence-electron chi connectivity index (χ2n) is 36.9. The summed E-state index contributed by atoms with van der Waals surface area (Å²) in [5.74, 6) is -20.6. The number of likely N-dealkylation sites (N-methyl/N-ethyl adjacent to an activating group) is 10. The first kappa shape index (κ1) is 110. The second-order valence-corrected chi connectivity index (χ2v) is 36.9. The highest BCUT2D eigenvalue weighted by atomic mass is 16.3. The first-order valence-electron chi connectivity index (χ1n) is 42.6. The SMILES string of the molecule is CC1NC(=O)CN(C)C(=O)C(C(C)C)NC(=O)C(C)N(C)C(=O)C(C(C)C)N(C)C(=O)CN(C)C(=O)C(C(C)C)NC(=O)C(C(C)C)N(C)C(=O)C(C)NC(=O)C(C(C)C)N(C)C(=O)C(C(C)C)NC(=O)C(C(C)C)N(C)C(=O)C(C(C)C)NC(=O)C(C(C)C)N(C)C(=O)C(C(C)O)NC(=O)C(C(C)C)N(C)C(=O)C(C)NC(=O)C(C(C)C)N(C)C1=O. The van der Waals surface area contributed by atoms with E-state index in [4.69, 9.17) is 0 Å². The number of aliphatic hydroxyl groups is 1. The van der Waals surface area contributed by atoms with Gasteiger partial charge in [0.05, 0.1) is 19.2 Å². The van der Waals surface area contributed by atoms with E-state index < -0.39 is 287 Å². The number of nitrogens with zero attached hydrogens (tertiary/aromatic N) is 10. The van der Waals surface area contributed by atoms with E-state index in [2.05, 4.69) is 42.5 Å². The smallest absolute Gasteiger partial charge is 0.248 e. The van der Waals surface area contributed by atoms with Crippen LogP contribution in [0.15, 0.2) is 0 Å². The van der Waals surface area contributed by atoms with Crippen LogP contribution < -0.4 is 42.5 Å². The molecule has 0 radical (unpaired) electrons. The number of amides is 18. The third-order valence-corrected chi connectivity index (χ3v) is 22.7. The molecule has 0 aromatic rings. The molecule has 17 unspecified atom stereocenters. The van der Waals surface area contributed by atoms with E-state index in [0.29, 0.717) is 0 Å². The average molecular weight is 1730 g/mol. The Morgan fingerprint density at radius 1 is 0.230 bits per heavy atom. The largest absolute Gasteiger partial charge is 0.391 e. The molecule has 1 heterocycles. The van der Waals surface area contributed by atoms with Crippen LogP contribution in [0.1, 0.15) is 187 Å². The fraction of sp³-hybridized carbons (Fsp3) is 0.788. The highest BCUT2D eigenvalue weighted by Crippen LogP contribution is 2.25. The van der Waals surface area contributed by atoms with Crippen molar-refractivity contribution < 1.29 is 91.4 Å². The zero-order valence-electron chi connectivity index (χ0n) is 79.8. The number of carbonyl (C=O) groups is 18. The van der Waals surface area contributed by atoms with Crippen molar-refractivity contribution in [3.63, 3.8) is 0 Å². The Labute approximate surface area is 724 Å². The predicted octanol–water partition coefficient (Wildman–Crippen LogP) is 0.0876. The van der Waals surface area contributed by atoms with Gasteiger partial charge in [0, 0.05) is 70.5 Å². The maximum Gasteiger partial charge on any atom is 0.248 e. The summed E-state index contributed by atoms with van der Waals surface area (Å²) in [5.41, 5.74) is 0. The fourth-order valence-corrected chi connectivity index (χ4v) is 15.5. The third kappa shape index (κ3) is 28.8. The molecule has 37 nitrogen and oxygen atoms in total. The Balaban J connectivity index is 4.20. The summed E-state index contributed by atoms with van der Waals surface area (Å²) in [6, 6.07) is -21.2. The van der Waals surface area contributed by atoms with Crippen molar-refractivity contribution in [2.24, 2.45) is 65.1 Å². The lowest BCUT2D eigenvalue weighted by molar-refractivity contribution is -0.151. The monoisotopic (exact) mass is 1730 g/mol. The summed E-state index contributed by atoms with van der Waals surface area (Å²) in [7, 11) is 13.4. The first-order chi connectivity index (χ1) is 55.8. The molecule has 37 heteroatoms. The molecule has 1 rings (SSSR count). The van der Waals surface area contributed by atoms with E-state index in [1.54, 1.807) is 152 Å². The van der Waals surface area contributed by atoms with Gasteiger partial charge in [-0.1, -0.05) is 152 Å². The zero-order valence-corrected chi connectivity index (χ0v) is 79.8. The quantitative estimate of drug-likeness (QED) is 0.125. The van der Waals surface area contributed by atoms with E-state index in [9.17, 15) is 91.4 Å². The minimum Gasteiger partial charge on any atom is -0.391 e. The zero-order chi connectivity index (χ0) is 95.4. The maximum absolute atomic E-state index is 14.9. The van der Waals surface area contributed by atoms with Crippen LogP contribution in [0.2, 0.25) is 0 Å². The fourth-order valence-electron chi connectivity index (χ4n) is 15.5. The van der Waals surface area contributed by atoms with Gasteiger partial charge < -0.3 is 96.6 Å². The van der Waals surface area contributed by atoms with Gasteiger partial charge in [0.2, 0.25) is 106 Å². The van der Waals surface area contributed by atoms with E-state index in [-0.39, 0.29) is 0 Å². The highest BCUT2D eigenvalue weighted by molar-refractivity contribution is 6.02. The maximum atomic E-state index is 14.9. The molecule has 0 saturated carbocycles. The number of rotatable bonds is 12. The van der Waals surface area contributed by atoms with Gasteiger partial charge in [-0.15, -0.1) is 0 Å². The van der Waals surface area contributed by atoms with Crippen molar-refractivity contribution in [3.8, 4) is 0 Å². The molecule has 0 bridgehead atoms. The summed E-state index contributed by atoms with van der Waals surface area (Å²) in [6.45, 7) is 42.0. The number of aliphatic hydroxyl groups excluding tert-OH is 1. The van der Waals surface area contributed by atoms with E-state index in [1.807, 2.05) is 0 Å². The molecule has 1 aliphatic heterocycles. The molecule has 1 saturated heterocycles. The molecule has 1 aliphatic rings. The van der Waals surface area contributed by atoms with Crippen LogP contribution in [-0.2, 0) is 86.3 Å².